The van der Waals surface area contributed by atoms with Crippen molar-refractivity contribution in [1.82, 2.24) is 10.2 Å². The molecular formula is C34H49N3O2. The number of amides is 2. The van der Waals surface area contributed by atoms with Crippen LogP contribution in [-0.2, 0) is 21.7 Å². The van der Waals surface area contributed by atoms with E-state index in [4.69, 9.17) is 0 Å². The van der Waals surface area contributed by atoms with Crippen LogP contribution >= 0.6 is 0 Å². The Labute approximate surface area is 236 Å². The molecule has 4 rings (SSSR count). The van der Waals surface area contributed by atoms with Gasteiger partial charge < -0.3 is 15.5 Å². The number of anilines is 1. The zero-order valence-corrected chi connectivity index (χ0v) is 25.9. The highest BCUT2D eigenvalue weighted by atomic mass is 16.2. The Balaban J connectivity index is 1.77. The molecule has 0 aliphatic heterocycles. The van der Waals surface area contributed by atoms with Crippen molar-refractivity contribution in [3.05, 3.63) is 63.7 Å². The van der Waals surface area contributed by atoms with Gasteiger partial charge in [0.25, 0.3) is 11.8 Å². The summed E-state index contributed by atoms with van der Waals surface area (Å²) in [5.41, 5.74) is 7.49. The number of carbonyl (C=O) groups is 2. The van der Waals surface area contributed by atoms with Gasteiger partial charge in [0.05, 0.1) is 0 Å². The van der Waals surface area contributed by atoms with E-state index in [1.807, 2.05) is 19.0 Å². The van der Waals surface area contributed by atoms with Gasteiger partial charge in [-0.05, 0) is 108 Å². The SMILES string of the molecule is CN(C)CCNC(=O)c1ccc(C(=O)Nc2c3c(cc4c2C(C)(C)CCC4(C)C)C(C)(C)CCC3(C)C)cc1. The summed E-state index contributed by atoms with van der Waals surface area (Å²) in [6.45, 7) is 20.1. The van der Waals surface area contributed by atoms with Gasteiger partial charge in [-0.15, -0.1) is 0 Å². The lowest BCUT2D eigenvalue weighted by Gasteiger charge is -2.49. The number of benzene rings is 2. The number of fused-ring (bicyclic) bond motifs is 2. The van der Waals surface area contributed by atoms with Crippen molar-refractivity contribution in [2.45, 2.75) is 103 Å². The molecule has 0 fully saturated rings. The normalized spacial score (nSPS) is 20.1. The van der Waals surface area contributed by atoms with E-state index in [1.165, 1.54) is 22.3 Å². The third kappa shape index (κ3) is 5.66. The van der Waals surface area contributed by atoms with Crippen LogP contribution in [-0.4, -0.2) is 43.9 Å². The van der Waals surface area contributed by atoms with E-state index in [0.29, 0.717) is 17.7 Å². The average Bonchev–Trinajstić information content (AvgIpc) is 2.84. The van der Waals surface area contributed by atoms with Crippen molar-refractivity contribution in [3.8, 4) is 0 Å². The molecule has 0 heterocycles. The summed E-state index contributed by atoms with van der Waals surface area (Å²) >= 11 is 0. The Morgan fingerprint density at radius 1 is 0.692 bits per heavy atom. The van der Waals surface area contributed by atoms with Crippen molar-refractivity contribution in [1.29, 1.82) is 0 Å². The second kappa shape index (κ2) is 10.1. The van der Waals surface area contributed by atoms with Crippen LogP contribution in [0, 0.1) is 0 Å². The number of nitrogens with one attached hydrogen (secondary N) is 2. The van der Waals surface area contributed by atoms with Gasteiger partial charge in [0, 0.05) is 29.9 Å². The van der Waals surface area contributed by atoms with Gasteiger partial charge in [-0.25, -0.2) is 0 Å². The Kier molecular flexibility index (Phi) is 7.57. The molecule has 0 bridgehead atoms. The van der Waals surface area contributed by atoms with Gasteiger partial charge in [0.2, 0.25) is 0 Å². The fourth-order valence-corrected chi connectivity index (χ4v) is 6.50. The lowest BCUT2D eigenvalue weighted by Crippen LogP contribution is -2.41. The molecule has 39 heavy (non-hydrogen) atoms. The predicted molar refractivity (Wildman–Crippen MR) is 162 cm³/mol. The first-order valence-electron chi connectivity index (χ1n) is 14.5. The van der Waals surface area contributed by atoms with E-state index in [2.05, 4.69) is 72.1 Å². The van der Waals surface area contributed by atoms with Crippen LogP contribution in [0.3, 0.4) is 0 Å². The maximum Gasteiger partial charge on any atom is 0.255 e. The molecule has 0 aromatic heterocycles. The van der Waals surface area contributed by atoms with E-state index in [1.54, 1.807) is 24.3 Å². The number of likely N-dealkylation sites (N-methyl/N-ethyl adjacent to an activating group) is 1. The lowest BCUT2D eigenvalue weighted by molar-refractivity contribution is 0.0949. The molecule has 0 saturated carbocycles. The number of hydrogen-bond donors (Lipinski definition) is 2. The molecule has 0 spiro atoms. The van der Waals surface area contributed by atoms with Crippen molar-refractivity contribution < 1.29 is 9.59 Å². The average molecular weight is 532 g/mol. The molecule has 0 atom stereocenters. The van der Waals surface area contributed by atoms with Crippen LogP contribution < -0.4 is 10.6 Å². The summed E-state index contributed by atoms with van der Waals surface area (Å²) in [6.07, 6.45) is 4.41. The summed E-state index contributed by atoms with van der Waals surface area (Å²) in [7, 11) is 3.95. The van der Waals surface area contributed by atoms with Gasteiger partial charge in [0.15, 0.2) is 0 Å². The second-order valence-corrected chi connectivity index (χ2v) is 14.7. The third-order valence-corrected chi connectivity index (χ3v) is 9.38. The van der Waals surface area contributed by atoms with Gasteiger partial charge in [0.1, 0.15) is 0 Å². The van der Waals surface area contributed by atoms with E-state index >= 15 is 0 Å². The van der Waals surface area contributed by atoms with Gasteiger partial charge in [-0.2, -0.15) is 0 Å². The molecule has 2 aromatic rings. The number of nitrogens with zero attached hydrogens (tertiary/aromatic N) is 1. The van der Waals surface area contributed by atoms with Gasteiger partial charge in [-0.3, -0.25) is 9.59 Å². The summed E-state index contributed by atoms with van der Waals surface area (Å²) < 4.78 is 0. The molecule has 212 valence electrons. The van der Waals surface area contributed by atoms with Crippen LogP contribution in [0.15, 0.2) is 30.3 Å². The molecule has 0 radical (unpaired) electrons. The smallest absolute Gasteiger partial charge is 0.255 e. The van der Waals surface area contributed by atoms with Crippen molar-refractivity contribution in [3.63, 3.8) is 0 Å². The molecule has 2 aliphatic rings. The number of carbonyl (C=O) groups excluding carboxylic acids is 2. The molecule has 2 aliphatic carbocycles. The summed E-state index contributed by atoms with van der Waals surface area (Å²) in [6, 6.07) is 9.52. The lowest BCUT2D eigenvalue weighted by atomic mass is 9.56. The fraction of sp³-hybridized carbons (Fsp3) is 0.588. The van der Waals surface area contributed by atoms with E-state index < -0.39 is 0 Å². The Bertz CT molecular complexity index is 1210. The highest BCUT2D eigenvalue weighted by molar-refractivity contribution is 6.06. The molecule has 0 saturated heterocycles. The van der Waals surface area contributed by atoms with Gasteiger partial charge >= 0.3 is 0 Å². The first-order chi connectivity index (χ1) is 18.0. The fourth-order valence-electron chi connectivity index (χ4n) is 6.50. The maximum atomic E-state index is 13.8. The predicted octanol–water partition coefficient (Wildman–Crippen LogP) is 6.93. The molecule has 2 aromatic carbocycles. The Morgan fingerprint density at radius 3 is 1.54 bits per heavy atom. The zero-order chi connectivity index (χ0) is 29.0. The first-order valence-corrected chi connectivity index (χ1v) is 14.5. The third-order valence-electron chi connectivity index (χ3n) is 9.38. The van der Waals surface area contributed by atoms with Crippen LogP contribution in [0.5, 0.6) is 0 Å². The Hall–Kier alpha value is -2.66. The number of rotatable bonds is 6. The van der Waals surface area contributed by atoms with Gasteiger partial charge in [-0.1, -0.05) is 61.5 Å². The van der Waals surface area contributed by atoms with Crippen molar-refractivity contribution in [2.24, 2.45) is 0 Å². The molecule has 5 nitrogen and oxygen atoms in total. The highest BCUT2D eigenvalue weighted by Gasteiger charge is 2.46. The minimum atomic E-state index is -0.122. The van der Waals surface area contributed by atoms with Crippen LogP contribution in [0.2, 0.25) is 0 Å². The molecule has 2 amide bonds. The highest BCUT2D eigenvalue weighted by Crippen LogP contribution is 2.56. The van der Waals surface area contributed by atoms with Crippen LogP contribution in [0.1, 0.15) is 124 Å². The summed E-state index contributed by atoms with van der Waals surface area (Å²) in [5, 5.41) is 6.39. The summed E-state index contributed by atoms with van der Waals surface area (Å²) in [5.74, 6) is -0.244. The minimum absolute atomic E-state index is 0.0403. The first kappa shape index (κ1) is 29.3. The minimum Gasteiger partial charge on any atom is -0.351 e. The van der Waals surface area contributed by atoms with E-state index in [0.717, 1.165) is 37.9 Å². The molecule has 2 N–H and O–H groups in total. The quantitative estimate of drug-likeness (QED) is 0.425. The Morgan fingerprint density at radius 2 is 1.10 bits per heavy atom. The molecule has 0 unspecified atom stereocenters. The topological polar surface area (TPSA) is 61.4 Å². The number of hydrogen-bond acceptors (Lipinski definition) is 3. The van der Waals surface area contributed by atoms with Crippen molar-refractivity contribution >= 4 is 17.5 Å². The maximum absolute atomic E-state index is 13.8. The van der Waals surface area contributed by atoms with E-state index in [9.17, 15) is 9.59 Å². The molecule has 5 heteroatoms. The van der Waals surface area contributed by atoms with Crippen LogP contribution in [0.25, 0.3) is 0 Å². The van der Waals surface area contributed by atoms with E-state index in [-0.39, 0.29) is 33.5 Å². The van der Waals surface area contributed by atoms with Crippen LogP contribution in [0.4, 0.5) is 5.69 Å². The zero-order valence-electron chi connectivity index (χ0n) is 25.9. The second-order valence-electron chi connectivity index (χ2n) is 14.7. The van der Waals surface area contributed by atoms with Crippen molar-refractivity contribution in [2.75, 3.05) is 32.5 Å². The monoisotopic (exact) mass is 531 g/mol. The largest absolute Gasteiger partial charge is 0.351 e. The molecular weight excluding hydrogens is 482 g/mol. The summed E-state index contributed by atoms with van der Waals surface area (Å²) in [4.78, 5) is 28.4. The standard InChI is InChI=1S/C34H49N3O2/c1-31(2)15-17-33(5,6)26-24(31)21-25-27(34(7,8)18-16-32(25,3)4)28(26)36-30(39)23-13-11-22(12-14-23)29(38)35-19-20-37(9)10/h11-14,21H,15-20H2,1-10H3,(H,35,38)(H,36,39).